The third-order valence-corrected chi connectivity index (χ3v) is 5.68. The molecule has 1 unspecified atom stereocenters. The van der Waals surface area contributed by atoms with Crippen molar-refractivity contribution in [2.75, 3.05) is 49.6 Å². The lowest BCUT2D eigenvalue weighted by atomic mass is 10.1. The van der Waals surface area contributed by atoms with Crippen LogP contribution in [0.3, 0.4) is 0 Å². The van der Waals surface area contributed by atoms with Crippen molar-refractivity contribution in [3.05, 3.63) is 48.5 Å². The van der Waals surface area contributed by atoms with Crippen LogP contribution in [-0.4, -0.2) is 62.7 Å². The number of benzene rings is 2. The molecule has 0 aliphatic carbocycles. The highest BCUT2D eigenvalue weighted by atomic mass is 16.5. The van der Waals surface area contributed by atoms with Gasteiger partial charge in [0.1, 0.15) is 11.5 Å². The number of anilines is 2. The first-order chi connectivity index (χ1) is 14.6. The number of para-hydroxylation sites is 4. The van der Waals surface area contributed by atoms with Crippen molar-refractivity contribution in [1.82, 2.24) is 4.90 Å². The zero-order chi connectivity index (χ0) is 21.1. The summed E-state index contributed by atoms with van der Waals surface area (Å²) in [5.41, 5.74) is 1.78. The van der Waals surface area contributed by atoms with E-state index in [1.807, 2.05) is 53.4 Å². The third-order valence-electron chi connectivity index (χ3n) is 5.68. The summed E-state index contributed by atoms with van der Waals surface area (Å²) >= 11 is 0. The van der Waals surface area contributed by atoms with Gasteiger partial charge in [0.05, 0.1) is 18.5 Å². The average Bonchev–Trinajstić information content (AvgIpc) is 2.79. The van der Waals surface area contributed by atoms with Gasteiger partial charge in [0.2, 0.25) is 5.91 Å². The summed E-state index contributed by atoms with van der Waals surface area (Å²) in [4.78, 5) is 31.2. The molecule has 30 heavy (non-hydrogen) atoms. The van der Waals surface area contributed by atoms with Gasteiger partial charge in [-0.2, -0.15) is 0 Å². The van der Waals surface area contributed by atoms with Gasteiger partial charge in [-0.25, -0.2) is 0 Å². The Morgan fingerprint density at radius 2 is 1.70 bits per heavy atom. The van der Waals surface area contributed by atoms with Gasteiger partial charge in [0.25, 0.3) is 5.91 Å². The zero-order valence-corrected chi connectivity index (χ0v) is 17.4. The summed E-state index contributed by atoms with van der Waals surface area (Å²) in [5, 5.41) is 0. The number of methoxy groups -OCH3 is 1. The second-order valence-corrected chi connectivity index (χ2v) is 7.51. The van der Waals surface area contributed by atoms with Gasteiger partial charge in [-0.3, -0.25) is 9.59 Å². The van der Waals surface area contributed by atoms with Crippen molar-refractivity contribution in [2.45, 2.75) is 19.4 Å². The van der Waals surface area contributed by atoms with E-state index >= 15 is 0 Å². The highest BCUT2D eigenvalue weighted by Crippen LogP contribution is 2.34. The van der Waals surface area contributed by atoms with Crippen molar-refractivity contribution in [2.24, 2.45) is 0 Å². The predicted molar refractivity (Wildman–Crippen MR) is 115 cm³/mol. The summed E-state index contributed by atoms with van der Waals surface area (Å²) in [6, 6.07) is 15.4. The quantitative estimate of drug-likeness (QED) is 0.760. The van der Waals surface area contributed by atoms with E-state index in [4.69, 9.17) is 9.47 Å². The monoisotopic (exact) mass is 409 g/mol. The highest BCUT2D eigenvalue weighted by Gasteiger charge is 2.32. The lowest BCUT2D eigenvalue weighted by Crippen LogP contribution is -2.50. The lowest BCUT2D eigenvalue weighted by molar-refractivity contribution is -0.131. The second kappa shape index (κ2) is 8.65. The molecule has 2 aromatic rings. The molecule has 7 heteroatoms. The molecular formula is C23H27N3O4. The molecule has 2 aliphatic heterocycles. The maximum absolute atomic E-state index is 12.8. The van der Waals surface area contributed by atoms with E-state index in [-0.39, 0.29) is 11.8 Å². The van der Waals surface area contributed by atoms with E-state index < -0.39 is 6.10 Å². The Hall–Kier alpha value is -3.22. The van der Waals surface area contributed by atoms with Crippen LogP contribution in [0.15, 0.2) is 48.5 Å². The van der Waals surface area contributed by atoms with Gasteiger partial charge in [-0.15, -0.1) is 0 Å². The molecular weight excluding hydrogens is 382 g/mol. The fraction of sp³-hybridized carbons (Fsp3) is 0.391. The largest absolute Gasteiger partial charge is 0.495 e. The standard InChI is InChI=1S/C23H27N3O4/c1-17-23(28)26(19-8-4-6-10-21(19)30-17)12-11-22(27)25-15-13-24(14-16-25)18-7-3-5-9-20(18)29-2/h3-10,17H,11-16H2,1-2H3. The van der Waals surface area contributed by atoms with Crippen molar-refractivity contribution in [3.8, 4) is 11.5 Å². The van der Waals surface area contributed by atoms with E-state index in [0.29, 0.717) is 31.8 Å². The maximum atomic E-state index is 12.8. The minimum atomic E-state index is -0.542. The van der Waals surface area contributed by atoms with Crippen molar-refractivity contribution in [3.63, 3.8) is 0 Å². The number of carbonyl (C=O) groups is 2. The Morgan fingerprint density at radius 1 is 1.03 bits per heavy atom. The number of hydrogen-bond donors (Lipinski definition) is 0. The normalized spacial score (nSPS) is 18.7. The summed E-state index contributed by atoms with van der Waals surface area (Å²) in [6.45, 7) is 4.91. The molecule has 2 amide bonds. The van der Waals surface area contributed by atoms with Crippen LogP contribution < -0.4 is 19.3 Å². The van der Waals surface area contributed by atoms with Gasteiger partial charge in [0.15, 0.2) is 6.10 Å². The number of piperazine rings is 1. The van der Waals surface area contributed by atoms with E-state index in [0.717, 1.165) is 30.2 Å². The molecule has 0 aromatic heterocycles. The molecule has 158 valence electrons. The van der Waals surface area contributed by atoms with Gasteiger partial charge in [-0.05, 0) is 31.2 Å². The Kier molecular flexibility index (Phi) is 5.79. The van der Waals surface area contributed by atoms with Crippen LogP contribution >= 0.6 is 0 Å². The molecule has 2 heterocycles. The Bertz CT molecular complexity index is 924. The molecule has 0 saturated carbocycles. The number of amides is 2. The molecule has 1 saturated heterocycles. The highest BCUT2D eigenvalue weighted by molar-refractivity contribution is 6.00. The molecule has 4 rings (SSSR count). The number of carbonyl (C=O) groups excluding carboxylic acids is 2. The first-order valence-electron chi connectivity index (χ1n) is 10.3. The fourth-order valence-electron chi connectivity index (χ4n) is 4.04. The topological polar surface area (TPSA) is 62.3 Å². The maximum Gasteiger partial charge on any atom is 0.267 e. The SMILES string of the molecule is COc1ccccc1N1CCN(C(=O)CCN2C(=O)C(C)Oc3ccccc32)CC1. The van der Waals surface area contributed by atoms with Crippen LogP contribution in [0.1, 0.15) is 13.3 Å². The summed E-state index contributed by atoms with van der Waals surface area (Å²) in [6.07, 6.45) is -0.249. The number of fused-ring (bicyclic) bond motifs is 1. The molecule has 2 aromatic carbocycles. The van der Waals surface area contributed by atoms with E-state index in [9.17, 15) is 9.59 Å². The molecule has 0 bridgehead atoms. The molecule has 0 N–H and O–H groups in total. The van der Waals surface area contributed by atoms with Crippen molar-refractivity contribution in [1.29, 1.82) is 0 Å². The number of ether oxygens (including phenoxy) is 2. The van der Waals surface area contributed by atoms with Gasteiger partial charge >= 0.3 is 0 Å². The molecule has 0 spiro atoms. The van der Waals surface area contributed by atoms with Crippen LogP contribution in [0.2, 0.25) is 0 Å². The first-order valence-corrected chi connectivity index (χ1v) is 10.3. The minimum absolute atomic E-state index is 0.0686. The van der Waals surface area contributed by atoms with Crippen LogP contribution in [0.4, 0.5) is 11.4 Å². The summed E-state index contributed by atoms with van der Waals surface area (Å²) in [7, 11) is 1.67. The van der Waals surface area contributed by atoms with Crippen LogP contribution in [0.25, 0.3) is 0 Å². The Labute approximate surface area is 176 Å². The number of hydrogen-bond acceptors (Lipinski definition) is 5. The second-order valence-electron chi connectivity index (χ2n) is 7.51. The first kappa shape index (κ1) is 20.1. The predicted octanol–water partition coefficient (Wildman–Crippen LogP) is 2.55. The number of rotatable bonds is 5. The van der Waals surface area contributed by atoms with Crippen molar-refractivity contribution >= 4 is 23.2 Å². The third kappa shape index (κ3) is 3.92. The Morgan fingerprint density at radius 3 is 2.43 bits per heavy atom. The van der Waals surface area contributed by atoms with E-state index in [1.165, 1.54) is 0 Å². The van der Waals surface area contributed by atoms with E-state index in [2.05, 4.69) is 4.90 Å². The zero-order valence-electron chi connectivity index (χ0n) is 17.4. The van der Waals surface area contributed by atoms with Crippen molar-refractivity contribution < 1.29 is 19.1 Å². The number of nitrogens with zero attached hydrogens (tertiary/aromatic N) is 3. The molecule has 2 aliphatic rings. The van der Waals surface area contributed by atoms with Crippen LogP contribution in [0.5, 0.6) is 11.5 Å². The molecule has 1 atom stereocenters. The lowest BCUT2D eigenvalue weighted by Gasteiger charge is -2.37. The molecule has 0 radical (unpaired) electrons. The molecule has 1 fully saturated rings. The molecule has 7 nitrogen and oxygen atoms in total. The minimum Gasteiger partial charge on any atom is -0.495 e. The average molecular weight is 409 g/mol. The van der Waals surface area contributed by atoms with E-state index in [1.54, 1.807) is 18.9 Å². The van der Waals surface area contributed by atoms with Gasteiger partial charge < -0.3 is 24.2 Å². The Balaban J connectivity index is 1.35. The summed E-state index contributed by atoms with van der Waals surface area (Å²) < 4.78 is 11.1. The fourth-order valence-corrected chi connectivity index (χ4v) is 4.04. The smallest absolute Gasteiger partial charge is 0.267 e. The summed E-state index contributed by atoms with van der Waals surface area (Å²) in [5.74, 6) is 1.49. The van der Waals surface area contributed by atoms with Crippen LogP contribution in [0, 0.1) is 0 Å². The van der Waals surface area contributed by atoms with Gasteiger partial charge in [-0.1, -0.05) is 24.3 Å². The van der Waals surface area contributed by atoms with Crippen LogP contribution in [-0.2, 0) is 9.59 Å². The van der Waals surface area contributed by atoms with Gasteiger partial charge in [0, 0.05) is 39.1 Å².